The van der Waals surface area contributed by atoms with Gasteiger partial charge in [-0.1, -0.05) is 36.4 Å². The van der Waals surface area contributed by atoms with E-state index in [4.69, 9.17) is 4.74 Å². The standard InChI is InChI=1S/C17H18N2O4.ClH/c1-12(14-8-5-9-18-11-14)23-17(22)19-15(16(20)21)10-13-6-3-2-4-7-13;/h2-9,11-12,15H,10H2,1H3,(H,19,22)(H,20,21);1H/t12?,15-;/m0./s1. The zero-order chi connectivity index (χ0) is 16.7. The largest absolute Gasteiger partial charge is 0.480 e. The molecule has 2 rings (SSSR count). The van der Waals surface area contributed by atoms with E-state index in [9.17, 15) is 14.7 Å². The lowest BCUT2D eigenvalue weighted by molar-refractivity contribution is -0.139. The number of halogens is 1. The third-order valence-electron chi connectivity index (χ3n) is 3.31. The zero-order valence-electron chi connectivity index (χ0n) is 13.1. The van der Waals surface area contributed by atoms with Gasteiger partial charge in [0.05, 0.1) is 0 Å². The summed E-state index contributed by atoms with van der Waals surface area (Å²) >= 11 is 0. The summed E-state index contributed by atoms with van der Waals surface area (Å²) in [5, 5.41) is 11.6. The number of ether oxygens (including phenoxy) is 1. The number of carboxylic acids is 1. The Morgan fingerprint density at radius 1 is 1.21 bits per heavy atom. The first kappa shape index (κ1) is 19.4. The van der Waals surface area contributed by atoms with Crippen LogP contribution in [0.2, 0.25) is 0 Å². The highest BCUT2D eigenvalue weighted by atomic mass is 35.5. The third-order valence-corrected chi connectivity index (χ3v) is 3.31. The van der Waals surface area contributed by atoms with Gasteiger partial charge >= 0.3 is 12.1 Å². The number of hydrogen-bond acceptors (Lipinski definition) is 4. The van der Waals surface area contributed by atoms with Crippen LogP contribution in [-0.2, 0) is 16.0 Å². The van der Waals surface area contributed by atoms with Crippen molar-refractivity contribution in [2.45, 2.75) is 25.5 Å². The van der Waals surface area contributed by atoms with Gasteiger partial charge in [-0.25, -0.2) is 9.59 Å². The summed E-state index contributed by atoms with van der Waals surface area (Å²) in [6.07, 6.45) is 2.11. The second-order valence-corrected chi connectivity index (χ2v) is 5.06. The van der Waals surface area contributed by atoms with Gasteiger partial charge in [-0.15, -0.1) is 12.4 Å². The van der Waals surface area contributed by atoms with Crippen molar-refractivity contribution in [3.8, 4) is 0 Å². The first-order valence-corrected chi connectivity index (χ1v) is 7.20. The van der Waals surface area contributed by atoms with Crippen LogP contribution in [0.25, 0.3) is 0 Å². The number of carbonyl (C=O) groups is 2. The van der Waals surface area contributed by atoms with E-state index in [0.29, 0.717) is 0 Å². The lowest BCUT2D eigenvalue weighted by Gasteiger charge is -2.17. The molecule has 0 spiro atoms. The van der Waals surface area contributed by atoms with Crippen molar-refractivity contribution in [2.75, 3.05) is 0 Å². The fourth-order valence-corrected chi connectivity index (χ4v) is 2.07. The molecule has 1 aromatic heterocycles. The van der Waals surface area contributed by atoms with Gasteiger partial charge in [0, 0.05) is 24.4 Å². The molecule has 0 aliphatic heterocycles. The van der Waals surface area contributed by atoms with Crippen molar-refractivity contribution in [3.05, 3.63) is 66.0 Å². The van der Waals surface area contributed by atoms with E-state index < -0.39 is 24.2 Å². The summed E-state index contributed by atoms with van der Waals surface area (Å²) in [7, 11) is 0. The highest BCUT2D eigenvalue weighted by Gasteiger charge is 2.22. The summed E-state index contributed by atoms with van der Waals surface area (Å²) in [6.45, 7) is 1.70. The Morgan fingerprint density at radius 3 is 2.50 bits per heavy atom. The predicted molar refractivity (Wildman–Crippen MR) is 91.1 cm³/mol. The number of benzene rings is 1. The number of pyridine rings is 1. The topological polar surface area (TPSA) is 88.5 Å². The molecule has 1 unspecified atom stereocenters. The van der Waals surface area contributed by atoms with Gasteiger partial charge in [0.2, 0.25) is 0 Å². The quantitative estimate of drug-likeness (QED) is 0.836. The molecule has 1 aromatic carbocycles. The number of alkyl carbamates (subject to hydrolysis) is 1. The molecule has 0 saturated heterocycles. The van der Waals surface area contributed by atoms with Crippen LogP contribution in [-0.4, -0.2) is 28.2 Å². The van der Waals surface area contributed by atoms with E-state index in [2.05, 4.69) is 10.3 Å². The minimum Gasteiger partial charge on any atom is -0.480 e. The van der Waals surface area contributed by atoms with E-state index in [1.807, 2.05) is 18.2 Å². The van der Waals surface area contributed by atoms with E-state index in [-0.39, 0.29) is 18.8 Å². The van der Waals surface area contributed by atoms with Gasteiger partial charge in [-0.05, 0) is 18.6 Å². The van der Waals surface area contributed by atoms with Gasteiger partial charge in [-0.3, -0.25) is 4.98 Å². The SMILES string of the molecule is CC(OC(=O)N[C@@H](Cc1ccccc1)C(=O)O)c1cccnc1.Cl. The number of aromatic nitrogens is 1. The summed E-state index contributed by atoms with van der Waals surface area (Å²) in [5.74, 6) is -1.11. The highest BCUT2D eigenvalue weighted by molar-refractivity contribution is 5.85. The van der Waals surface area contributed by atoms with Gasteiger partial charge in [0.1, 0.15) is 12.1 Å². The minimum absolute atomic E-state index is 0. The molecule has 2 aromatic rings. The number of rotatable bonds is 6. The van der Waals surface area contributed by atoms with Crippen molar-refractivity contribution < 1.29 is 19.4 Å². The molecular formula is C17H19ClN2O4. The maximum Gasteiger partial charge on any atom is 0.408 e. The smallest absolute Gasteiger partial charge is 0.408 e. The first-order chi connectivity index (χ1) is 11.1. The molecule has 7 heteroatoms. The Balaban J connectivity index is 0.00000288. The van der Waals surface area contributed by atoms with Crippen LogP contribution in [0.1, 0.15) is 24.2 Å². The van der Waals surface area contributed by atoms with E-state index in [0.717, 1.165) is 11.1 Å². The fourth-order valence-electron chi connectivity index (χ4n) is 2.07. The number of aliphatic carboxylic acids is 1. The maximum atomic E-state index is 11.9. The van der Waals surface area contributed by atoms with Crippen LogP contribution in [0, 0.1) is 0 Å². The molecule has 0 bridgehead atoms. The number of carboxylic acid groups (broad SMARTS) is 1. The molecule has 6 nitrogen and oxygen atoms in total. The number of nitrogens with one attached hydrogen (secondary N) is 1. The molecule has 0 saturated carbocycles. The van der Waals surface area contributed by atoms with Crippen LogP contribution in [0.15, 0.2) is 54.9 Å². The number of amides is 1. The molecule has 2 N–H and O–H groups in total. The van der Waals surface area contributed by atoms with Crippen LogP contribution < -0.4 is 5.32 Å². The minimum atomic E-state index is -1.11. The van der Waals surface area contributed by atoms with Gasteiger partial charge < -0.3 is 15.2 Å². The molecule has 0 fully saturated rings. The molecule has 128 valence electrons. The molecule has 24 heavy (non-hydrogen) atoms. The predicted octanol–water partition coefficient (Wildman–Crippen LogP) is 2.99. The lowest BCUT2D eigenvalue weighted by atomic mass is 10.1. The normalized spacial score (nSPS) is 12.4. The summed E-state index contributed by atoms with van der Waals surface area (Å²) < 4.78 is 5.20. The zero-order valence-corrected chi connectivity index (χ0v) is 13.9. The van der Waals surface area contributed by atoms with E-state index in [1.165, 1.54) is 0 Å². The Morgan fingerprint density at radius 2 is 1.92 bits per heavy atom. The second-order valence-electron chi connectivity index (χ2n) is 5.06. The maximum absolute atomic E-state index is 11.9. The van der Waals surface area contributed by atoms with E-state index >= 15 is 0 Å². The number of hydrogen-bond donors (Lipinski definition) is 2. The highest BCUT2D eigenvalue weighted by Crippen LogP contribution is 2.15. The Bertz CT molecular complexity index is 652. The molecule has 0 aliphatic rings. The van der Waals surface area contributed by atoms with Crippen LogP contribution in [0.5, 0.6) is 0 Å². The van der Waals surface area contributed by atoms with Gasteiger partial charge in [0.25, 0.3) is 0 Å². The van der Waals surface area contributed by atoms with Crippen molar-refractivity contribution in [1.82, 2.24) is 10.3 Å². The van der Waals surface area contributed by atoms with Crippen LogP contribution >= 0.6 is 12.4 Å². The number of nitrogens with zero attached hydrogens (tertiary/aromatic N) is 1. The average molecular weight is 351 g/mol. The van der Waals surface area contributed by atoms with Gasteiger partial charge in [-0.2, -0.15) is 0 Å². The van der Waals surface area contributed by atoms with Crippen LogP contribution in [0.3, 0.4) is 0 Å². The van der Waals surface area contributed by atoms with Crippen molar-refractivity contribution in [3.63, 3.8) is 0 Å². The molecule has 1 heterocycles. The first-order valence-electron chi connectivity index (χ1n) is 7.20. The van der Waals surface area contributed by atoms with Crippen molar-refractivity contribution >= 4 is 24.5 Å². The second kappa shape index (κ2) is 9.52. The summed E-state index contributed by atoms with van der Waals surface area (Å²) in [4.78, 5) is 27.2. The third kappa shape index (κ3) is 5.89. The van der Waals surface area contributed by atoms with Gasteiger partial charge in [0.15, 0.2) is 0 Å². The Labute approximate surface area is 146 Å². The molecule has 0 aliphatic carbocycles. The molecule has 1 amide bonds. The van der Waals surface area contributed by atoms with Crippen molar-refractivity contribution in [2.24, 2.45) is 0 Å². The Kier molecular flexibility index (Phi) is 7.71. The van der Waals surface area contributed by atoms with E-state index in [1.54, 1.807) is 43.6 Å². The summed E-state index contributed by atoms with van der Waals surface area (Å²) in [6, 6.07) is 11.6. The lowest BCUT2D eigenvalue weighted by Crippen LogP contribution is -2.42. The number of carbonyl (C=O) groups excluding carboxylic acids is 1. The summed E-state index contributed by atoms with van der Waals surface area (Å²) in [5.41, 5.74) is 1.55. The Hall–Kier alpha value is -2.60. The monoisotopic (exact) mass is 350 g/mol. The molecule has 2 atom stereocenters. The molecule has 0 radical (unpaired) electrons. The molecular weight excluding hydrogens is 332 g/mol. The van der Waals surface area contributed by atoms with Crippen LogP contribution in [0.4, 0.5) is 4.79 Å². The fraction of sp³-hybridized carbons (Fsp3) is 0.235. The van der Waals surface area contributed by atoms with Crippen molar-refractivity contribution in [1.29, 1.82) is 0 Å². The average Bonchev–Trinajstić information content (AvgIpc) is 2.56.